The van der Waals surface area contributed by atoms with Crippen molar-refractivity contribution in [2.24, 2.45) is 0 Å². The minimum atomic E-state index is -0.555. The highest BCUT2D eigenvalue weighted by atomic mass is 16.2. The van der Waals surface area contributed by atoms with Crippen LogP contribution in [0.5, 0.6) is 0 Å². The van der Waals surface area contributed by atoms with Gasteiger partial charge in [0.25, 0.3) is 5.91 Å². The van der Waals surface area contributed by atoms with E-state index in [1.54, 1.807) is 4.90 Å². The molecule has 0 aromatic heterocycles. The maximum atomic E-state index is 12.8. The zero-order valence-corrected chi connectivity index (χ0v) is 16.6. The molecule has 7 nitrogen and oxygen atoms in total. The molecule has 1 aromatic carbocycles. The molecule has 1 aliphatic carbocycles. The first-order chi connectivity index (χ1) is 14.1. The highest BCUT2D eigenvalue weighted by molar-refractivity contribution is 6.05. The summed E-state index contributed by atoms with van der Waals surface area (Å²) in [6, 6.07) is 5.94. The minimum Gasteiger partial charge on any atom is -0.322 e. The fraction of sp³-hybridized carbons (Fsp3) is 0.591. The average Bonchev–Trinajstić information content (AvgIpc) is 3.01. The molecule has 3 amide bonds. The Hall–Kier alpha value is -2.25. The molecule has 1 aromatic rings. The number of fused-ring (bicyclic) bond motifs is 1. The number of piperidine rings is 2. The van der Waals surface area contributed by atoms with Crippen molar-refractivity contribution in [3.63, 3.8) is 0 Å². The van der Waals surface area contributed by atoms with E-state index in [2.05, 4.69) is 22.0 Å². The quantitative estimate of drug-likeness (QED) is 0.666. The van der Waals surface area contributed by atoms with E-state index >= 15 is 0 Å². The molecule has 2 unspecified atom stereocenters. The molecule has 4 aliphatic rings. The number of imide groups is 1. The summed E-state index contributed by atoms with van der Waals surface area (Å²) in [5, 5.41) is 9.85. The van der Waals surface area contributed by atoms with Crippen molar-refractivity contribution < 1.29 is 14.4 Å². The summed E-state index contributed by atoms with van der Waals surface area (Å²) in [5.41, 5.74) is 3.10. The van der Waals surface area contributed by atoms with Gasteiger partial charge in [0.1, 0.15) is 6.04 Å². The van der Waals surface area contributed by atoms with Crippen LogP contribution in [0.2, 0.25) is 0 Å². The van der Waals surface area contributed by atoms with Gasteiger partial charge < -0.3 is 15.5 Å². The van der Waals surface area contributed by atoms with Crippen LogP contribution in [0, 0.1) is 0 Å². The Labute approximate surface area is 170 Å². The van der Waals surface area contributed by atoms with Gasteiger partial charge in [0.05, 0.1) is 0 Å². The fourth-order valence-electron chi connectivity index (χ4n) is 5.40. The van der Waals surface area contributed by atoms with E-state index in [4.69, 9.17) is 0 Å². The predicted octanol–water partition coefficient (Wildman–Crippen LogP) is 1.21. The number of carbonyl (C=O) groups is 3. The van der Waals surface area contributed by atoms with Gasteiger partial charge in [-0.2, -0.15) is 0 Å². The first-order valence-electron chi connectivity index (χ1n) is 10.8. The molecule has 154 valence electrons. The second-order valence-electron chi connectivity index (χ2n) is 8.90. The lowest BCUT2D eigenvalue weighted by molar-refractivity contribution is -0.136. The Morgan fingerprint density at radius 3 is 2.76 bits per heavy atom. The van der Waals surface area contributed by atoms with Crippen LogP contribution in [-0.4, -0.2) is 46.8 Å². The Morgan fingerprint density at radius 2 is 2.00 bits per heavy atom. The second kappa shape index (κ2) is 7.22. The molecule has 0 radical (unpaired) electrons. The fourth-order valence-corrected chi connectivity index (χ4v) is 5.40. The van der Waals surface area contributed by atoms with Crippen molar-refractivity contribution in [3.05, 3.63) is 34.9 Å². The van der Waals surface area contributed by atoms with Gasteiger partial charge in [-0.1, -0.05) is 12.1 Å². The molecule has 3 aliphatic heterocycles. The van der Waals surface area contributed by atoms with Crippen LogP contribution in [0.1, 0.15) is 66.4 Å². The monoisotopic (exact) mass is 396 g/mol. The molecular formula is C22H28N4O3. The van der Waals surface area contributed by atoms with Crippen LogP contribution < -0.4 is 16.0 Å². The molecule has 3 fully saturated rings. The molecule has 2 atom stereocenters. The van der Waals surface area contributed by atoms with Gasteiger partial charge in [-0.3, -0.25) is 19.7 Å². The first-order valence-corrected chi connectivity index (χ1v) is 10.8. The predicted molar refractivity (Wildman–Crippen MR) is 107 cm³/mol. The Kier molecular flexibility index (Phi) is 4.67. The molecule has 29 heavy (non-hydrogen) atoms. The van der Waals surface area contributed by atoms with E-state index in [0.717, 1.165) is 18.7 Å². The van der Waals surface area contributed by atoms with E-state index in [1.807, 2.05) is 12.1 Å². The maximum absolute atomic E-state index is 12.8. The lowest BCUT2D eigenvalue weighted by Crippen LogP contribution is -2.66. The number of nitrogens with zero attached hydrogens (tertiary/aromatic N) is 1. The normalized spacial score (nSPS) is 28.3. The van der Waals surface area contributed by atoms with E-state index in [1.165, 1.54) is 37.7 Å². The van der Waals surface area contributed by atoms with Gasteiger partial charge in [-0.05, 0) is 62.3 Å². The highest BCUT2D eigenvalue weighted by Crippen LogP contribution is 2.38. The Balaban J connectivity index is 1.26. The molecule has 3 heterocycles. The van der Waals surface area contributed by atoms with Crippen LogP contribution in [0.25, 0.3) is 0 Å². The van der Waals surface area contributed by atoms with Gasteiger partial charge in [0.2, 0.25) is 11.8 Å². The number of benzene rings is 1. The van der Waals surface area contributed by atoms with Gasteiger partial charge in [-0.25, -0.2) is 0 Å². The Morgan fingerprint density at radius 1 is 1.14 bits per heavy atom. The number of nitrogens with one attached hydrogen (secondary N) is 3. The van der Waals surface area contributed by atoms with Gasteiger partial charge >= 0.3 is 0 Å². The summed E-state index contributed by atoms with van der Waals surface area (Å²) in [4.78, 5) is 38.0. The number of carbonyl (C=O) groups excluding carboxylic acids is 3. The smallest absolute Gasteiger partial charge is 0.255 e. The zero-order valence-electron chi connectivity index (χ0n) is 16.6. The summed E-state index contributed by atoms with van der Waals surface area (Å²) in [6.07, 6.45) is 6.91. The van der Waals surface area contributed by atoms with E-state index in [0.29, 0.717) is 24.6 Å². The van der Waals surface area contributed by atoms with Gasteiger partial charge in [-0.15, -0.1) is 0 Å². The van der Waals surface area contributed by atoms with Crippen LogP contribution in [0.4, 0.5) is 0 Å². The second-order valence-corrected chi connectivity index (χ2v) is 8.90. The zero-order chi connectivity index (χ0) is 20.0. The third kappa shape index (κ3) is 3.26. The van der Waals surface area contributed by atoms with Crippen molar-refractivity contribution in [1.29, 1.82) is 0 Å². The molecule has 5 rings (SSSR count). The highest BCUT2D eigenvalue weighted by Gasteiger charge is 2.45. The Bertz CT molecular complexity index is 864. The number of rotatable bonds is 4. The van der Waals surface area contributed by atoms with E-state index in [9.17, 15) is 14.4 Å². The number of amides is 3. The van der Waals surface area contributed by atoms with Crippen LogP contribution in [-0.2, 0) is 22.7 Å². The summed E-state index contributed by atoms with van der Waals surface area (Å²) in [6.45, 7) is 2.34. The summed E-state index contributed by atoms with van der Waals surface area (Å²) >= 11 is 0. The standard InChI is InChI=1S/C22H28N4O3/c27-19-7-6-17(20(28)25-19)26-13-15-11-14(4-5-16(15)21(26)29)12-23-18-3-1-10-24-22(18)8-2-9-22/h4-5,11,17-18,23-24H,1-3,6-10,12-13H2,(H,25,27,28). The third-order valence-corrected chi connectivity index (χ3v) is 7.20. The van der Waals surface area contributed by atoms with E-state index in [-0.39, 0.29) is 29.7 Å². The largest absolute Gasteiger partial charge is 0.322 e. The lowest BCUT2D eigenvalue weighted by Gasteiger charge is -2.51. The van der Waals surface area contributed by atoms with Crippen LogP contribution >= 0.6 is 0 Å². The van der Waals surface area contributed by atoms with Crippen LogP contribution in [0.3, 0.4) is 0 Å². The molecule has 7 heteroatoms. The van der Waals surface area contributed by atoms with Crippen molar-refractivity contribution in [3.8, 4) is 0 Å². The third-order valence-electron chi connectivity index (χ3n) is 7.20. The van der Waals surface area contributed by atoms with Crippen molar-refractivity contribution in [1.82, 2.24) is 20.9 Å². The summed E-state index contributed by atoms with van der Waals surface area (Å²) < 4.78 is 0. The van der Waals surface area contributed by atoms with Crippen LogP contribution in [0.15, 0.2) is 18.2 Å². The topological polar surface area (TPSA) is 90.5 Å². The average molecular weight is 396 g/mol. The molecule has 1 spiro atoms. The summed E-state index contributed by atoms with van der Waals surface area (Å²) in [7, 11) is 0. The minimum absolute atomic E-state index is 0.112. The number of hydrogen-bond donors (Lipinski definition) is 3. The summed E-state index contributed by atoms with van der Waals surface area (Å²) in [5.74, 6) is -0.732. The van der Waals surface area contributed by atoms with Crippen molar-refractivity contribution >= 4 is 17.7 Å². The maximum Gasteiger partial charge on any atom is 0.255 e. The van der Waals surface area contributed by atoms with Crippen molar-refractivity contribution in [2.45, 2.75) is 75.7 Å². The molecule has 2 saturated heterocycles. The lowest BCUT2D eigenvalue weighted by atomic mass is 9.68. The van der Waals surface area contributed by atoms with Gasteiger partial charge in [0.15, 0.2) is 0 Å². The number of hydrogen-bond acceptors (Lipinski definition) is 5. The first kappa shape index (κ1) is 18.8. The van der Waals surface area contributed by atoms with E-state index < -0.39 is 6.04 Å². The SMILES string of the molecule is O=C1CCC(N2Cc3cc(CNC4CCCNC45CCC5)ccc3C2=O)C(=O)N1. The molecular weight excluding hydrogens is 368 g/mol. The molecule has 0 bridgehead atoms. The van der Waals surface area contributed by atoms with Gasteiger partial charge in [0, 0.05) is 36.7 Å². The van der Waals surface area contributed by atoms with Crippen molar-refractivity contribution in [2.75, 3.05) is 6.54 Å². The molecule has 3 N–H and O–H groups in total. The molecule has 1 saturated carbocycles.